The fourth-order valence-electron chi connectivity index (χ4n) is 1.72. The third-order valence-electron chi connectivity index (χ3n) is 2.67. The molecule has 2 atom stereocenters. The van der Waals surface area contributed by atoms with E-state index < -0.39 is 9.84 Å². The first kappa shape index (κ1) is 8.75. The number of benzene rings is 1. The summed E-state index contributed by atoms with van der Waals surface area (Å²) in [5, 5.41) is -0.401. The lowest BCUT2D eigenvalue weighted by molar-refractivity contribution is 0.521. The Bertz CT molecular complexity index is 394. The highest BCUT2D eigenvalue weighted by atomic mass is 32.2. The van der Waals surface area contributed by atoms with Crippen LogP contribution in [0.15, 0.2) is 30.3 Å². The maximum atomic E-state index is 11.5. The van der Waals surface area contributed by atoms with Crippen molar-refractivity contribution in [3.8, 4) is 0 Å². The van der Waals surface area contributed by atoms with E-state index in [1.54, 1.807) is 6.92 Å². The van der Waals surface area contributed by atoms with Gasteiger partial charge in [0.15, 0.2) is 9.84 Å². The molecule has 3 heteroatoms. The molecule has 1 saturated heterocycles. The fourth-order valence-corrected chi connectivity index (χ4v) is 3.48. The first-order valence-corrected chi connectivity index (χ1v) is 6.01. The molecule has 1 aromatic carbocycles. The monoisotopic (exact) mass is 196 g/mol. The Hall–Kier alpha value is -0.830. The van der Waals surface area contributed by atoms with E-state index in [0.29, 0.717) is 0 Å². The van der Waals surface area contributed by atoms with Crippen molar-refractivity contribution in [3.63, 3.8) is 0 Å². The zero-order chi connectivity index (χ0) is 9.47. The summed E-state index contributed by atoms with van der Waals surface area (Å²) >= 11 is 0. The van der Waals surface area contributed by atoms with Crippen LogP contribution in [-0.2, 0) is 9.84 Å². The molecule has 2 nitrogen and oxygen atoms in total. The summed E-state index contributed by atoms with van der Waals surface area (Å²) in [6, 6.07) is 9.43. The van der Waals surface area contributed by atoms with E-state index in [4.69, 9.17) is 0 Å². The Kier molecular flexibility index (Phi) is 1.91. The second-order valence-electron chi connectivity index (χ2n) is 3.53. The normalized spacial score (nSPS) is 30.8. The van der Waals surface area contributed by atoms with Crippen LogP contribution in [0.1, 0.15) is 24.2 Å². The van der Waals surface area contributed by atoms with E-state index in [1.165, 1.54) is 0 Å². The molecular formula is C10H12O2S. The molecule has 1 heterocycles. The van der Waals surface area contributed by atoms with Gasteiger partial charge in [-0.2, -0.15) is 0 Å². The Labute approximate surface area is 78.5 Å². The standard InChI is InChI=1S/C10H12O2S/c1-8-7-10(13(8,11)12)9-5-3-2-4-6-9/h2-6,8,10H,7H2,1H3/t8-,10+/m0/s1. The van der Waals surface area contributed by atoms with Gasteiger partial charge in [-0.1, -0.05) is 30.3 Å². The molecule has 0 radical (unpaired) electrons. The quantitative estimate of drug-likeness (QED) is 0.687. The van der Waals surface area contributed by atoms with Crippen LogP contribution in [0, 0.1) is 0 Å². The Morgan fingerprint density at radius 1 is 1.23 bits per heavy atom. The second-order valence-corrected chi connectivity index (χ2v) is 6.09. The predicted octanol–water partition coefficient (Wildman–Crippen LogP) is 1.93. The average Bonchev–Trinajstić information content (AvgIpc) is 2.15. The van der Waals surface area contributed by atoms with Crippen LogP contribution in [0.3, 0.4) is 0 Å². The zero-order valence-corrected chi connectivity index (χ0v) is 8.29. The van der Waals surface area contributed by atoms with E-state index in [1.807, 2.05) is 30.3 Å². The maximum Gasteiger partial charge on any atom is 0.159 e. The summed E-state index contributed by atoms with van der Waals surface area (Å²) in [5.74, 6) is 0. The lowest BCUT2D eigenvalue weighted by atomic mass is 10.1. The van der Waals surface area contributed by atoms with Crippen LogP contribution < -0.4 is 0 Å². The maximum absolute atomic E-state index is 11.5. The van der Waals surface area contributed by atoms with Crippen molar-refractivity contribution in [2.45, 2.75) is 23.8 Å². The molecule has 0 spiro atoms. The Balaban J connectivity index is 2.33. The molecule has 0 N–H and O–H groups in total. The first-order valence-electron chi connectivity index (χ1n) is 4.40. The summed E-state index contributed by atoms with van der Waals surface area (Å²) in [7, 11) is -2.85. The van der Waals surface area contributed by atoms with Gasteiger partial charge in [0.05, 0.1) is 10.5 Å². The lowest BCUT2D eigenvalue weighted by Gasteiger charge is -2.32. The van der Waals surface area contributed by atoms with E-state index in [0.717, 1.165) is 12.0 Å². The predicted molar refractivity (Wildman–Crippen MR) is 52.2 cm³/mol. The summed E-state index contributed by atoms with van der Waals surface area (Å²) in [5.41, 5.74) is 0.931. The average molecular weight is 196 g/mol. The third kappa shape index (κ3) is 1.27. The van der Waals surface area contributed by atoms with Crippen LogP contribution >= 0.6 is 0 Å². The van der Waals surface area contributed by atoms with Crippen molar-refractivity contribution in [1.29, 1.82) is 0 Å². The van der Waals surface area contributed by atoms with Gasteiger partial charge >= 0.3 is 0 Å². The van der Waals surface area contributed by atoms with Crippen molar-refractivity contribution in [2.24, 2.45) is 0 Å². The minimum absolute atomic E-state index is 0.155. The summed E-state index contributed by atoms with van der Waals surface area (Å²) in [6.07, 6.45) is 0.770. The van der Waals surface area contributed by atoms with Gasteiger partial charge in [-0.25, -0.2) is 8.42 Å². The minimum Gasteiger partial charge on any atom is -0.228 e. The molecule has 70 valence electrons. The minimum atomic E-state index is -2.85. The van der Waals surface area contributed by atoms with Crippen molar-refractivity contribution in [2.75, 3.05) is 0 Å². The smallest absolute Gasteiger partial charge is 0.159 e. The number of hydrogen-bond acceptors (Lipinski definition) is 2. The van der Waals surface area contributed by atoms with Crippen LogP contribution in [-0.4, -0.2) is 13.7 Å². The van der Waals surface area contributed by atoms with Crippen molar-refractivity contribution in [3.05, 3.63) is 35.9 Å². The molecule has 0 amide bonds. The molecule has 0 unspecified atom stereocenters. The van der Waals surface area contributed by atoms with Gasteiger partial charge in [0.25, 0.3) is 0 Å². The molecule has 1 fully saturated rings. The van der Waals surface area contributed by atoms with E-state index >= 15 is 0 Å². The third-order valence-corrected chi connectivity index (χ3v) is 5.25. The zero-order valence-electron chi connectivity index (χ0n) is 7.47. The number of sulfone groups is 1. The molecule has 0 bridgehead atoms. The van der Waals surface area contributed by atoms with Crippen molar-refractivity contribution in [1.82, 2.24) is 0 Å². The highest BCUT2D eigenvalue weighted by Gasteiger charge is 2.43. The van der Waals surface area contributed by atoms with E-state index in [-0.39, 0.29) is 10.5 Å². The number of hydrogen-bond donors (Lipinski definition) is 0. The lowest BCUT2D eigenvalue weighted by Crippen LogP contribution is -2.37. The summed E-state index contributed by atoms with van der Waals surface area (Å²) in [4.78, 5) is 0. The summed E-state index contributed by atoms with van der Waals surface area (Å²) in [6.45, 7) is 1.77. The topological polar surface area (TPSA) is 34.1 Å². The van der Waals surface area contributed by atoms with Gasteiger partial charge in [0.2, 0.25) is 0 Å². The van der Waals surface area contributed by atoms with Gasteiger partial charge in [-0.15, -0.1) is 0 Å². The molecule has 0 aliphatic carbocycles. The van der Waals surface area contributed by atoms with Gasteiger partial charge in [-0.05, 0) is 18.9 Å². The fraction of sp³-hybridized carbons (Fsp3) is 0.400. The van der Waals surface area contributed by atoms with Gasteiger partial charge in [-0.3, -0.25) is 0 Å². The molecule has 1 aromatic rings. The molecule has 0 saturated carbocycles. The second kappa shape index (κ2) is 2.84. The highest BCUT2D eigenvalue weighted by molar-refractivity contribution is 7.93. The van der Waals surface area contributed by atoms with Gasteiger partial charge in [0.1, 0.15) is 0 Å². The molecular weight excluding hydrogens is 184 g/mol. The van der Waals surface area contributed by atoms with Crippen LogP contribution in [0.5, 0.6) is 0 Å². The molecule has 1 aliphatic rings. The SMILES string of the molecule is C[C@H]1C[C@H](c2ccccc2)S1(=O)=O. The largest absolute Gasteiger partial charge is 0.228 e. The molecule has 2 rings (SSSR count). The van der Waals surface area contributed by atoms with Crippen molar-refractivity contribution >= 4 is 9.84 Å². The highest BCUT2D eigenvalue weighted by Crippen LogP contribution is 2.41. The summed E-state index contributed by atoms with van der Waals surface area (Å²) < 4.78 is 23.1. The van der Waals surface area contributed by atoms with Gasteiger partial charge in [0, 0.05) is 0 Å². The first-order chi connectivity index (χ1) is 6.12. The van der Waals surface area contributed by atoms with Crippen molar-refractivity contribution < 1.29 is 8.42 Å². The van der Waals surface area contributed by atoms with Gasteiger partial charge < -0.3 is 0 Å². The van der Waals surface area contributed by atoms with E-state index in [9.17, 15) is 8.42 Å². The molecule has 0 aromatic heterocycles. The Morgan fingerprint density at radius 2 is 1.85 bits per heavy atom. The van der Waals surface area contributed by atoms with Crippen LogP contribution in [0.2, 0.25) is 0 Å². The molecule has 13 heavy (non-hydrogen) atoms. The van der Waals surface area contributed by atoms with E-state index in [2.05, 4.69) is 0 Å². The molecule has 1 aliphatic heterocycles. The van der Waals surface area contributed by atoms with Crippen LogP contribution in [0.4, 0.5) is 0 Å². The number of rotatable bonds is 1. The van der Waals surface area contributed by atoms with Crippen LogP contribution in [0.25, 0.3) is 0 Å². The Morgan fingerprint density at radius 3 is 2.31 bits per heavy atom.